The predicted molar refractivity (Wildman–Crippen MR) is 73.7 cm³/mol. The van der Waals surface area contributed by atoms with E-state index in [0.717, 1.165) is 0 Å². The first-order valence-corrected chi connectivity index (χ1v) is 5.99. The molecule has 102 valence electrons. The summed E-state index contributed by atoms with van der Waals surface area (Å²) in [4.78, 5) is 11.5. The fourth-order valence-corrected chi connectivity index (χ4v) is 1.76. The van der Waals surface area contributed by atoms with Crippen LogP contribution in [0.15, 0.2) is 42.5 Å². The molecule has 2 aromatic carbocycles. The number of nitriles is 2. The van der Waals surface area contributed by atoms with Crippen LogP contribution < -0.4 is 4.74 Å². The highest BCUT2D eigenvalue weighted by atomic mass is 16.5. The number of benzene rings is 2. The normalized spacial score (nSPS) is 9.29. The lowest BCUT2D eigenvalue weighted by atomic mass is 10.1. The smallest absolute Gasteiger partial charge is 0.337 e. The Morgan fingerprint density at radius 1 is 1.10 bits per heavy atom. The van der Waals surface area contributed by atoms with Crippen molar-refractivity contribution in [2.45, 2.75) is 0 Å². The van der Waals surface area contributed by atoms with E-state index in [1.54, 1.807) is 30.3 Å². The van der Waals surface area contributed by atoms with E-state index in [9.17, 15) is 4.79 Å². The zero-order valence-corrected chi connectivity index (χ0v) is 11.2. The first-order valence-electron chi connectivity index (χ1n) is 5.99. The van der Waals surface area contributed by atoms with Gasteiger partial charge in [0.25, 0.3) is 0 Å². The second kappa shape index (κ2) is 6.23. The van der Waals surface area contributed by atoms with Gasteiger partial charge in [-0.15, -0.1) is 0 Å². The molecule has 0 heterocycles. The molecule has 0 aliphatic rings. The lowest BCUT2D eigenvalue weighted by Crippen LogP contribution is -2.01. The van der Waals surface area contributed by atoms with Crippen molar-refractivity contribution in [2.24, 2.45) is 0 Å². The summed E-state index contributed by atoms with van der Waals surface area (Å²) in [6.45, 7) is 0. The molecular formula is C16H10N2O3. The van der Waals surface area contributed by atoms with E-state index in [2.05, 4.69) is 4.74 Å². The molecule has 2 aromatic rings. The fraction of sp³-hybridized carbons (Fsp3) is 0.0625. The molecule has 0 bridgehead atoms. The number of carbonyl (C=O) groups is 1. The van der Waals surface area contributed by atoms with Gasteiger partial charge in [0.15, 0.2) is 0 Å². The van der Waals surface area contributed by atoms with Crippen LogP contribution in [0.4, 0.5) is 0 Å². The maximum absolute atomic E-state index is 11.5. The van der Waals surface area contributed by atoms with Gasteiger partial charge in [-0.3, -0.25) is 0 Å². The van der Waals surface area contributed by atoms with Crippen molar-refractivity contribution in [1.82, 2.24) is 0 Å². The van der Waals surface area contributed by atoms with Gasteiger partial charge in [-0.1, -0.05) is 12.1 Å². The highest BCUT2D eigenvalue weighted by Crippen LogP contribution is 2.27. The topological polar surface area (TPSA) is 83.1 Å². The van der Waals surface area contributed by atoms with E-state index >= 15 is 0 Å². The number of methoxy groups -OCH3 is 1. The van der Waals surface area contributed by atoms with Crippen LogP contribution in [0.2, 0.25) is 0 Å². The predicted octanol–water partition coefficient (Wildman–Crippen LogP) is 3.01. The summed E-state index contributed by atoms with van der Waals surface area (Å²) in [5.41, 5.74) is 0.729. The van der Waals surface area contributed by atoms with E-state index in [-0.39, 0.29) is 16.9 Å². The van der Waals surface area contributed by atoms with Gasteiger partial charge in [-0.2, -0.15) is 10.5 Å². The van der Waals surface area contributed by atoms with Crippen molar-refractivity contribution in [2.75, 3.05) is 7.11 Å². The molecule has 2 rings (SSSR count). The molecule has 0 atom stereocenters. The number of hydrogen-bond acceptors (Lipinski definition) is 5. The van der Waals surface area contributed by atoms with Crippen molar-refractivity contribution in [3.05, 3.63) is 59.2 Å². The molecular weight excluding hydrogens is 268 g/mol. The van der Waals surface area contributed by atoms with E-state index in [1.165, 1.54) is 19.2 Å². The van der Waals surface area contributed by atoms with Crippen LogP contribution in [-0.2, 0) is 4.74 Å². The summed E-state index contributed by atoms with van der Waals surface area (Å²) in [5.74, 6) is 0.162. The second-order valence-electron chi connectivity index (χ2n) is 4.02. The average molecular weight is 278 g/mol. The molecule has 0 unspecified atom stereocenters. The Balaban J connectivity index is 2.38. The molecule has 0 N–H and O–H groups in total. The molecule has 0 saturated carbocycles. The molecule has 5 heteroatoms. The van der Waals surface area contributed by atoms with E-state index in [1.807, 2.05) is 12.1 Å². The average Bonchev–Trinajstić information content (AvgIpc) is 2.54. The summed E-state index contributed by atoms with van der Waals surface area (Å²) in [7, 11) is 1.29. The highest BCUT2D eigenvalue weighted by Gasteiger charge is 2.11. The van der Waals surface area contributed by atoms with Crippen molar-refractivity contribution in [1.29, 1.82) is 10.5 Å². The van der Waals surface area contributed by atoms with Crippen LogP contribution in [0, 0.1) is 22.7 Å². The van der Waals surface area contributed by atoms with Crippen molar-refractivity contribution in [3.63, 3.8) is 0 Å². The van der Waals surface area contributed by atoms with E-state index in [4.69, 9.17) is 15.3 Å². The number of rotatable bonds is 3. The van der Waals surface area contributed by atoms with Gasteiger partial charge >= 0.3 is 5.97 Å². The molecule has 0 fully saturated rings. The molecule has 0 aromatic heterocycles. The molecule has 0 aliphatic heterocycles. The van der Waals surface area contributed by atoms with Gasteiger partial charge < -0.3 is 9.47 Å². The minimum Gasteiger partial charge on any atom is -0.465 e. The molecule has 0 spiro atoms. The van der Waals surface area contributed by atoms with E-state index < -0.39 is 5.97 Å². The standard InChI is InChI=1S/C16H10N2O3/c1-20-16(19)11-4-2-6-13(8-11)21-15-7-3-5-12(9-17)14(15)10-18/h2-8H,1H3. The molecule has 0 radical (unpaired) electrons. The van der Waals surface area contributed by atoms with Gasteiger partial charge in [0.1, 0.15) is 29.2 Å². The highest BCUT2D eigenvalue weighted by molar-refractivity contribution is 5.89. The zero-order chi connectivity index (χ0) is 15.2. The van der Waals surface area contributed by atoms with Crippen LogP contribution in [0.5, 0.6) is 11.5 Å². The van der Waals surface area contributed by atoms with Gasteiger partial charge in [0, 0.05) is 0 Å². The Hall–Kier alpha value is -3.31. The fourth-order valence-electron chi connectivity index (χ4n) is 1.76. The minimum atomic E-state index is -0.480. The van der Waals surface area contributed by atoms with Crippen molar-refractivity contribution >= 4 is 5.97 Å². The van der Waals surface area contributed by atoms with Gasteiger partial charge in [-0.25, -0.2) is 4.79 Å². The minimum absolute atomic E-state index is 0.156. The summed E-state index contributed by atoms with van der Waals surface area (Å²) < 4.78 is 10.2. The van der Waals surface area contributed by atoms with Crippen LogP contribution >= 0.6 is 0 Å². The van der Waals surface area contributed by atoms with E-state index in [0.29, 0.717) is 11.3 Å². The van der Waals surface area contributed by atoms with Crippen LogP contribution in [0.1, 0.15) is 21.5 Å². The third-order valence-electron chi connectivity index (χ3n) is 2.74. The molecule has 5 nitrogen and oxygen atoms in total. The summed E-state index contributed by atoms with van der Waals surface area (Å²) in [6.07, 6.45) is 0. The number of hydrogen-bond donors (Lipinski definition) is 0. The van der Waals surface area contributed by atoms with Crippen LogP contribution in [-0.4, -0.2) is 13.1 Å². The Morgan fingerprint density at radius 2 is 1.86 bits per heavy atom. The molecule has 21 heavy (non-hydrogen) atoms. The Bertz CT molecular complexity index is 770. The summed E-state index contributed by atoms with van der Waals surface area (Å²) in [5, 5.41) is 18.1. The maximum atomic E-state index is 11.5. The second-order valence-corrected chi connectivity index (χ2v) is 4.02. The number of nitrogens with zero attached hydrogens (tertiary/aromatic N) is 2. The number of esters is 1. The number of ether oxygens (including phenoxy) is 2. The quantitative estimate of drug-likeness (QED) is 0.806. The Morgan fingerprint density at radius 3 is 2.52 bits per heavy atom. The summed E-state index contributed by atoms with van der Waals surface area (Å²) in [6, 6.07) is 15.0. The molecule has 0 amide bonds. The maximum Gasteiger partial charge on any atom is 0.337 e. The van der Waals surface area contributed by atoms with Crippen LogP contribution in [0.3, 0.4) is 0 Å². The third-order valence-corrected chi connectivity index (χ3v) is 2.74. The van der Waals surface area contributed by atoms with Gasteiger partial charge in [0.05, 0.1) is 18.2 Å². The van der Waals surface area contributed by atoms with Crippen molar-refractivity contribution in [3.8, 4) is 23.6 Å². The lowest BCUT2D eigenvalue weighted by Gasteiger charge is -2.09. The van der Waals surface area contributed by atoms with Gasteiger partial charge in [-0.05, 0) is 30.3 Å². The number of carbonyl (C=O) groups excluding carboxylic acids is 1. The van der Waals surface area contributed by atoms with Crippen molar-refractivity contribution < 1.29 is 14.3 Å². The Labute approximate surface area is 121 Å². The monoisotopic (exact) mass is 278 g/mol. The molecule has 0 aliphatic carbocycles. The summed E-state index contributed by atoms with van der Waals surface area (Å²) >= 11 is 0. The molecule has 0 saturated heterocycles. The third kappa shape index (κ3) is 2.99. The van der Waals surface area contributed by atoms with Gasteiger partial charge in [0.2, 0.25) is 0 Å². The Kier molecular flexibility index (Phi) is 4.18. The lowest BCUT2D eigenvalue weighted by molar-refractivity contribution is 0.0600. The zero-order valence-electron chi connectivity index (χ0n) is 11.2. The first-order chi connectivity index (χ1) is 10.2. The first kappa shape index (κ1) is 14.1. The SMILES string of the molecule is COC(=O)c1cccc(Oc2cccc(C#N)c2C#N)c1. The largest absolute Gasteiger partial charge is 0.465 e. The van der Waals surface area contributed by atoms with Crippen LogP contribution in [0.25, 0.3) is 0 Å².